The summed E-state index contributed by atoms with van der Waals surface area (Å²) < 4.78 is 10.4. The molecule has 0 spiro atoms. The van der Waals surface area contributed by atoms with Crippen molar-refractivity contribution in [2.24, 2.45) is 0 Å². The summed E-state index contributed by atoms with van der Waals surface area (Å²) in [5, 5.41) is 9.84. The highest BCUT2D eigenvalue weighted by atomic mass is 16.5. The van der Waals surface area contributed by atoms with Crippen molar-refractivity contribution >= 4 is 17.6 Å². The smallest absolute Gasteiger partial charge is 0.336 e. The third kappa shape index (κ3) is 2.83. The third-order valence-corrected chi connectivity index (χ3v) is 4.98. The summed E-state index contributed by atoms with van der Waals surface area (Å²) in [7, 11) is 1.46. The average Bonchev–Trinajstić information content (AvgIpc) is 3.03. The predicted molar refractivity (Wildman–Crippen MR) is 98.7 cm³/mol. The van der Waals surface area contributed by atoms with Crippen molar-refractivity contribution in [3.63, 3.8) is 0 Å². The van der Waals surface area contributed by atoms with Gasteiger partial charge in [-0.1, -0.05) is 18.2 Å². The normalized spacial score (nSPS) is 19.2. The lowest BCUT2D eigenvalue weighted by atomic mass is 9.84. The minimum atomic E-state index is -0.432. The Hall–Kier alpha value is -3.28. The average molecular weight is 365 g/mol. The fourth-order valence-electron chi connectivity index (χ4n) is 3.72. The van der Waals surface area contributed by atoms with Crippen LogP contribution in [0.5, 0.6) is 11.5 Å². The zero-order chi connectivity index (χ0) is 19.1. The van der Waals surface area contributed by atoms with Gasteiger partial charge in [-0.05, 0) is 42.3 Å². The van der Waals surface area contributed by atoms with E-state index in [2.05, 4.69) is 0 Å². The quantitative estimate of drug-likeness (QED) is 0.846. The van der Waals surface area contributed by atoms with Crippen molar-refractivity contribution in [3.05, 3.63) is 64.9 Å². The summed E-state index contributed by atoms with van der Waals surface area (Å²) in [5.41, 5.74) is 3.56. The number of aryl methyl sites for hydroxylation is 1. The molecule has 1 amide bonds. The number of rotatable bonds is 3. The van der Waals surface area contributed by atoms with Gasteiger partial charge in [-0.3, -0.25) is 9.69 Å². The van der Waals surface area contributed by atoms with E-state index >= 15 is 0 Å². The molecule has 2 aliphatic heterocycles. The Kier molecular flexibility index (Phi) is 4.11. The van der Waals surface area contributed by atoms with Crippen LogP contribution in [0.1, 0.15) is 23.5 Å². The first-order chi connectivity index (χ1) is 13.0. The van der Waals surface area contributed by atoms with E-state index in [4.69, 9.17) is 9.47 Å². The number of esters is 1. The molecule has 2 aromatic carbocycles. The lowest BCUT2D eigenvalue weighted by Gasteiger charge is -2.32. The van der Waals surface area contributed by atoms with E-state index in [-0.39, 0.29) is 24.7 Å². The predicted octanol–water partition coefficient (Wildman–Crippen LogP) is 3.04. The Morgan fingerprint density at radius 1 is 1.19 bits per heavy atom. The Morgan fingerprint density at radius 3 is 2.74 bits per heavy atom. The lowest BCUT2D eigenvalue weighted by molar-refractivity contribution is -0.136. The van der Waals surface area contributed by atoms with Gasteiger partial charge in [0.2, 0.25) is 5.91 Å². The second-order valence-corrected chi connectivity index (χ2v) is 6.69. The molecule has 1 unspecified atom stereocenters. The number of hydrogen-bond donors (Lipinski definition) is 1. The number of methoxy groups -OCH3 is 1. The molecule has 2 heterocycles. The second-order valence-electron chi connectivity index (χ2n) is 6.69. The number of nitrogens with zero attached hydrogens (tertiary/aromatic N) is 1. The van der Waals surface area contributed by atoms with Crippen LogP contribution in [-0.4, -0.2) is 30.7 Å². The first kappa shape index (κ1) is 17.1. The summed E-state index contributed by atoms with van der Waals surface area (Å²) in [6.45, 7) is 2.02. The molecule has 0 saturated heterocycles. The van der Waals surface area contributed by atoms with Gasteiger partial charge in [0.05, 0.1) is 18.4 Å². The van der Waals surface area contributed by atoms with E-state index in [0.717, 1.165) is 16.8 Å². The maximum atomic E-state index is 13.0. The maximum absolute atomic E-state index is 13.0. The first-order valence-corrected chi connectivity index (χ1v) is 8.66. The molecule has 6 heteroatoms. The SMILES string of the molecule is COc1cc(C2CC(=O)N(c3cccc(C)c3)C3=C2C(=O)OC3)ccc1O. The highest BCUT2D eigenvalue weighted by Gasteiger charge is 2.43. The number of carbonyl (C=O) groups excluding carboxylic acids is 2. The number of amides is 1. The highest BCUT2D eigenvalue weighted by Crippen LogP contribution is 2.43. The molecule has 0 bridgehead atoms. The fraction of sp³-hybridized carbons (Fsp3) is 0.238. The van der Waals surface area contributed by atoms with Gasteiger partial charge in [-0.15, -0.1) is 0 Å². The molecular weight excluding hydrogens is 346 g/mol. The van der Waals surface area contributed by atoms with Crippen LogP contribution in [0.15, 0.2) is 53.7 Å². The summed E-state index contributed by atoms with van der Waals surface area (Å²) >= 11 is 0. The highest BCUT2D eigenvalue weighted by molar-refractivity contribution is 6.06. The monoisotopic (exact) mass is 365 g/mol. The minimum Gasteiger partial charge on any atom is -0.504 e. The molecule has 6 nitrogen and oxygen atoms in total. The topological polar surface area (TPSA) is 76.1 Å². The minimum absolute atomic E-state index is 0.00738. The van der Waals surface area contributed by atoms with E-state index in [1.54, 1.807) is 17.0 Å². The van der Waals surface area contributed by atoms with Gasteiger partial charge in [0, 0.05) is 18.0 Å². The van der Waals surface area contributed by atoms with Gasteiger partial charge >= 0.3 is 5.97 Å². The van der Waals surface area contributed by atoms with Crippen LogP contribution in [0.4, 0.5) is 5.69 Å². The fourth-order valence-corrected chi connectivity index (χ4v) is 3.72. The number of carbonyl (C=O) groups is 2. The largest absolute Gasteiger partial charge is 0.504 e. The third-order valence-electron chi connectivity index (χ3n) is 4.98. The Bertz CT molecular complexity index is 978. The van der Waals surface area contributed by atoms with Gasteiger partial charge in [-0.2, -0.15) is 0 Å². The van der Waals surface area contributed by atoms with Crippen LogP contribution in [-0.2, 0) is 14.3 Å². The Morgan fingerprint density at radius 2 is 2.00 bits per heavy atom. The van der Waals surface area contributed by atoms with E-state index in [1.165, 1.54) is 13.2 Å². The van der Waals surface area contributed by atoms with Gasteiger partial charge in [0.15, 0.2) is 11.5 Å². The molecule has 0 aromatic heterocycles. The van der Waals surface area contributed by atoms with E-state index in [0.29, 0.717) is 17.0 Å². The first-order valence-electron chi connectivity index (χ1n) is 8.66. The number of anilines is 1. The van der Waals surface area contributed by atoms with Crippen molar-refractivity contribution in [2.45, 2.75) is 19.3 Å². The zero-order valence-corrected chi connectivity index (χ0v) is 15.1. The molecule has 1 N–H and O–H groups in total. The molecular formula is C21H19NO5. The van der Waals surface area contributed by atoms with Gasteiger partial charge in [0.25, 0.3) is 0 Å². The number of benzene rings is 2. The molecule has 1 atom stereocenters. The Labute approximate surface area is 156 Å². The van der Waals surface area contributed by atoms with Gasteiger partial charge < -0.3 is 14.6 Å². The number of hydrogen-bond acceptors (Lipinski definition) is 5. The molecule has 2 aromatic rings. The van der Waals surface area contributed by atoms with Crippen LogP contribution in [0.2, 0.25) is 0 Å². The van der Waals surface area contributed by atoms with E-state index in [9.17, 15) is 14.7 Å². The molecule has 4 rings (SSSR count). The second kappa shape index (κ2) is 6.46. The molecule has 0 fully saturated rings. The van der Waals surface area contributed by atoms with Gasteiger partial charge in [0.1, 0.15) is 6.61 Å². The standard InChI is InChI=1S/C21H19NO5/c1-12-4-3-5-14(8-12)22-16-11-27-21(25)20(16)15(10-19(22)24)13-6-7-17(23)18(9-13)26-2/h3-9,15,23H,10-11H2,1-2H3. The number of phenolic OH excluding ortho intramolecular Hbond substituents is 1. The number of phenols is 1. The van der Waals surface area contributed by atoms with Crippen LogP contribution >= 0.6 is 0 Å². The number of aromatic hydroxyl groups is 1. The number of cyclic esters (lactones) is 1. The van der Waals surface area contributed by atoms with Crippen LogP contribution in [0.3, 0.4) is 0 Å². The van der Waals surface area contributed by atoms with Crippen molar-refractivity contribution in [3.8, 4) is 11.5 Å². The van der Waals surface area contributed by atoms with Crippen molar-refractivity contribution < 1.29 is 24.2 Å². The molecule has 0 aliphatic carbocycles. The molecule has 27 heavy (non-hydrogen) atoms. The molecule has 0 saturated carbocycles. The molecule has 138 valence electrons. The number of ether oxygens (including phenoxy) is 2. The summed E-state index contributed by atoms with van der Waals surface area (Å²) in [6.07, 6.45) is 0.135. The van der Waals surface area contributed by atoms with E-state index < -0.39 is 11.9 Å². The van der Waals surface area contributed by atoms with Crippen molar-refractivity contribution in [1.29, 1.82) is 0 Å². The van der Waals surface area contributed by atoms with Crippen molar-refractivity contribution in [2.75, 3.05) is 18.6 Å². The molecule has 2 aliphatic rings. The van der Waals surface area contributed by atoms with E-state index in [1.807, 2.05) is 31.2 Å². The summed E-state index contributed by atoms with van der Waals surface area (Å²) in [5.74, 6) is -0.637. The summed E-state index contributed by atoms with van der Waals surface area (Å²) in [6, 6.07) is 12.5. The molecule has 0 radical (unpaired) electrons. The zero-order valence-electron chi connectivity index (χ0n) is 15.1. The van der Waals surface area contributed by atoms with Gasteiger partial charge in [-0.25, -0.2) is 4.79 Å². The summed E-state index contributed by atoms with van der Waals surface area (Å²) in [4.78, 5) is 27.1. The lowest BCUT2D eigenvalue weighted by Crippen LogP contribution is -2.37. The Balaban J connectivity index is 1.83. The maximum Gasteiger partial charge on any atom is 0.336 e. The van der Waals surface area contributed by atoms with Crippen molar-refractivity contribution in [1.82, 2.24) is 0 Å². The van der Waals surface area contributed by atoms with Crippen LogP contribution < -0.4 is 9.64 Å². The van der Waals surface area contributed by atoms with Crippen LogP contribution in [0.25, 0.3) is 0 Å². The van der Waals surface area contributed by atoms with Crippen LogP contribution in [0, 0.1) is 6.92 Å².